The SMILES string of the molecule is CCC(CCN)CCCN(C)CCN(C)C. The van der Waals surface area contributed by atoms with Crippen LogP contribution in [-0.2, 0) is 0 Å². The van der Waals surface area contributed by atoms with Crippen LogP contribution < -0.4 is 5.73 Å². The monoisotopic (exact) mass is 229 g/mol. The molecule has 1 unspecified atom stereocenters. The molecule has 1 atom stereocenters. The van der Waals surface area contributed by atoms with E-state index in [2.05, 4.69) is 37.9 Å². The number of nitrogens with two attached hydrogens (primary N) is 1. The fraction of sp³-hybridized carbons (Fsp3) is 1.00. The van der Waals surface area contributed by atoms with Gasteiger partial charge in [-0.2, -0.15) is 0 Å². The molecule has 98 valence electrons. The molecule has 0 heterocycles. The molecule has 0 saturated carbocycles. The predicted octanol–water partition coefficient (Wildman–Crippen LogP) is 1.64. The summed E-state index contributed by atoms with van der Waals surface area (Å²) in [4.78, 5) is 4.66. The first kappa shape index (κ1) is 15.9. The summed E-state index contributed by atoms with van der Waals surface area (Å²) in [5.74, 6) is 0.840. The summed E-state index contributed by atoms with van der Waals surface area (Å²) in [6, 6.07) is 0. The van der Waals surface area contributed by atoms with Gasteiger partial charge >= 0.3 is 0 Å². The van der Waals surface area contributed by atoms with Gasteiger partial charge in [-0.05, 0) is 59.4 Å². The molecule has 0 aromatic heterocycles. The molecule has 0 aliphatic rings. The van der Waals surface area contributed by atoms with Gasteiger partial charge in [-0.15, -0.1) is 0 Å². The quantitative estimate of drug-likeness (QED) is 0.618. The minimum Gasteiger partial charge on any atom is -0.330 e. The minimum atomic E-state index is 0.840. The summed E-state index contributed by atoms with van der Waals surface area (Å²) in [6.07, 6.45) is 5.11. The molecule has 0 aliphatic heterocycles. The van der Waals surface area contributed by atoms with Crippen molar-refractivity contribution in [3.05, 3.63) is 0 Å². The molecule has 0 aliphatic carbocycles. The second-order valence-corrected chi connectivity index (χ2v) is 5.10. The molecule has 0 saturated heterocycles. The van der Waals surface area contributed by atoms with Crippen LogP contribution in [0.2, 0.25) is 0 Å². The van der Waals surface area contributed by atoms with E-state index in [1.165, 1.54) is 38.8 Å². The molecule has 0 spiro atoms. The molecule has 0 aromatic carbocycles. The summed E-state index contributed by atoms with van der Waals surface area (Å²) < 4.78 is 0. The van der Waals surface area contributed by atoms with Crippen LogP contribution in [0.3, 0.4) is 0 Å². The minimum absolute atomic E-state index is 0.840. The molecule has 16 heavy (non-hydrogen) atoms. The maximum Gasteiger partial charge on any atom is 0.0106 e. The molecular formula is C13H31N3. The second kappa shape index (κ2) is 10.1. The van der Waals surface area contributed by atoms with E-state index in [-0.39, 0.29) is 0 Å². The van der Waals surface area contributed by atoms with E-state index in [4.69, 9.17) is 5.73 Å². The zero-order valence-electron chi connectivity index (χ0n) is 11.7. The molecule has 0 rings (SSSR count). The van der Waals surface area contributed by atoms with Crippen LogP contribution in [0.5, 0.6) is 0 Å². The van der Waals surface area contributed by atoms with Gasteiger partial charge in [0.2, 0.25) is 0 Å². The van der Waals surface area contributed by atoms with E-state index in [1.54, 1.807) is 0 Å². The highest BCUT2D eigenvalue weighted by molar-refractivity contribution is 4.61. The summed E-state index contributed by atoms with van der Waals surface area (Å²) >= 11 is 0. The van der Waals surface area contributed by atoms with Crippen LogP contribution >= 0.6 is 0 Å². The number of likely N-dealkylation sites (N-methyl/N-ethyl adjacent to an activating group) is 2. The summed E-state index contributed by atoms with van der Waals surface area (Å²) in [7, 11) is 6.47. The van der Waals surface area contributed by atoms with Crippen molar-refractivity contribution < 1.29 is 0 Å². The van der Waals surface area contributed by atoms with Crippen LogP contribution in [0.4, 0.5) is 0 Å². The molecule has 0 radical (unpaired) electrons. The lowest BCUT2D eigenvalue weighted by Crippen LogP contribution is -2.29. The van der Waals surface area contributed by atoms with Gasteiger partial charge in [0.15, 0.2) is 0 Å². The third-order valence-corrected chi connectivity index (χ3v) is 3.23. The maximum absolute atomic E-state index is 5.60. The van der Waals surface area contributed by atoms with Gasteiger partial charge < -0.3 is 15.5 Å². The fourth-order valence-electron chi connectivity index (χ4n) is 1.92. The Balaban J connectivity index is 3.47. The first-order valence-corrected chi connectivity index (χ1v) is 6.63. The van der Waals surface area contributed by atoms with E-state index in [9.17, 15) is 0 Å². The van der Waals surface area contributed by atoms with Crippen LogP contribution in [0, 0.1) is 5.92 Å². The van der Waals surface area contributed by atoms with E-state index in [0.29, 0.717) is 0 Å². The average molecular weight is 229 g/mol. The van der Waals surface area contributed by atoms with Gasteiger partial charge in [0.05, 0.1) is 0 Å². The van der Waals surface area contributed by atoms with Gasteiger partial charge in [0.25, 0.3) is 0 Å². The van der Waals surface area contributed by atoms with Gasteiger partial charge in [0.1, 0.15) is 0 Å². The van der Waals surface area contributed by atoms with Crippen LogP contribution in [-0.4, -0.2) is 57.1 Å². The third-order valence-electron chi connectivity index (χ3n) is 3.23. The Kier molecular flexibility index (Phi) is 9.99. The van der Waals surface area contributed by atoms with E-state index >= 15 is 0 Å². The van der Waals surface area contributed by atoms with Gasteiger partial charge in [0, 0.05) is 13.1 Å². The summed E-state index contributed by atoms with van der Waals surface area (Å²) in [5, 5.41) is 0. The Morgan fingerprint density at radius 2 is 1.69 bits per heavy atom. The summed E-state index contributed by atoms with van der Waals surface area (Å²) in [6.45, 7) is 6.65. The Morgan fingerprint density at radius 3 is 2.19 bits per heavy atom. The topological polar surface area (TPSA) is 32.5 Å². The van der Waals surface area contributed by atoms with Crippen molar-refractivity contribution in [2.45, 2.75) is 32.6 Å². The van der Waals surface area contributed by atoms with Crippen molar-refractivity contribution in [1.29, 1.82) is 0 Å². The lowest BCUT2D eigenvalue weighted by Gasteiger charge is -2.20. The van der Waals surface area contributed by atoms with Crippen molar-refractivity contribution in [3.8, 4) is 0 Å². The van der Waals surface area contributed by atoms with Crippen molar-refractivity contribution in [1.82, 2.24) is 9.80 Å². The molecular weight excluding hydrogens is 198 g/mol. The highest BCUT2D eigenvalue weighted by atomic mass is 15.1. The Bertz CT molecular complexity index is 148. The maximum atomic E-state index is 5.60. The zero-order chi connectivity index (χ0) is 12.4. The van der Waals surface area contributed by atoms with Crippen molar-refractivity contribution in [2.24, 2.45) is 11.7 Å². The molecule has 3 nitrogen and oxygen atoms in total. The number of hydrogen-bond acceptors (Lipinski definition) is 3. The molecule has 0 fully saturated rings. The predicted molar refractivity (Wildman–Crippen MR) is 72.7 cm³/mol. The van der Waals surface area contributed by atoms with Crippen LogP contribution in [0.25, 0.3) is 0 Å². The highest BCUT2D eigenvalue weighted by Crippen LogP contribution is 2.14. The second-order valence-electron chi connectivity index (χ2n) is 5.10. The molecule has 0 bridgehead atoms. The van der Waals surface area contributed by atoms with E-state index < -0.39 is 0 Å². The standard InChI is InChI=1S/C13H31N3/c1-5-13(8-9-14)7-6-10-16(4)12-11-15(2)3/h13H,5-12,14H2,1-4H3. The van der Waals surface area contributed by atoms with Crippen molar-refractivity contribution >= 4 is 0 Å². The lowest BCUT2D eigenvalue weighted by atomic mass is 9.97. The summed E-state index contributed by atoms with van der Waals surface area (Å²) in [5.41, 5.74) is 5.60. The van der Waals surface area contributed by atoms with E-state index in [1.807, 2.05) is 0 Å². The lowest BCUT2D eigenvalue weighted by molar-refractivity contribution is 0.269. The largest absolute Gasteiger partial charge is 0.330 e. The smallest absolute Gasteiger partial charge is 0.0106 e. The Hall–Kier alpha value is -0.120. The van der Waals surface area contributed by atoms with Crippen LogP contribution in [0.1, 0.15) is 32.6 Å². The van der Waals surface area contributed by atoms with Gasteiger partial charge in [-0.25, -0.2) is 0 Å². The fourth-order valence-corrected chi connectivity index (χ4v) is 1.92. The van der Waals surface area contributed by atoms with Gasteiger partial charge in [-0.3, -0.25) is 0 Å². The van der Waals surface area contributed by atoms with Crippen molar-refractivity contribution in [2.75, 3.05) is 47.3 Å². The van der Waals surface area contributed by atoms with Crippen LogP contribution in [0.15, 0.2) is 0 Å². The Labute approximate surface area is 102 Å². The Morgan fingerprint density at radius 1 is 1.00 bits per heavy atom. The first-order valence-electron chi connectivity index (χ1n) is 6.63. The number of nitrogens with zero attached hydrogens (tertiary/aromatic N) is 2. The molecule has 2 N–H and O–H groups in total. The highest BCUT2D eigenvalue weighted by Gasteiger charge is 2.06. The molecule has 3 heteroatoms. The van der Waals surface area contributed by atoms with E-state index in [0.717, 1.165) is 19.0 Å². The first-order chi connectivity index (χ1) is 7.60. The molecule has 0 amide bonds. The van der Waals surface area contributed by atoms with Gasteiger partial charge in [-0.1, -0.05) is 13.3 Å². The number of hydrogen-bond donors (Lipinski definition) is 1. The average Bonchev–Trinajstić information content (AvgIpc) is 2.25. The third kappa shape index (κ3) is 9.13. The zero-order valence-corrected chi connectivity index (χ0v) is 11.7. The normalized spacial score (nSPS) is 13.7. The van der Waals surface area contributed by atoms with Crippen molar-refractivity contribution in [3.63, 3.8) is 0 Å². The number of rotatable bonds is 10. The molecule has 0 aromatic rings.